The van der Waals surface area contributed by atoms with Crippen molar-refractivity contribution in [2.45, 2.75) is 51.1 Å². The highest BCUT2D eigenvalue weighted by Crippen LogP contribution is 2.13. The van der Waals surface area contributed by atoms with E-state index in [-0.39, 0.29) is 11.0 Å². The zero-order valence-electron chi connectivity index (χ0n) is 10.3. The number of nitrogens with zero attached hydrogens (tertiary/aromatic N) is 1. The fourth-order valence-corrected chi connectivity index (χ4v) is 1.75. The maximum absolute atomic E-state index is 11.6. The van der Waals surface area contributed by atoms with Gasteiger partial charge in [0.25, 0.3) is 0 Å². The maximum Gasteiger partial charge on any atom is 0.157 e. The lowest BCUT2D eigenvalue weighted by Crippen LogP contribution is -2.24. The summed E-state index contributed by atoms with van der Waals surface area (Å²) in [6, 6.07) is 0. The fraction of sp³-hybridized carbons (Fsp3) is 0.909. The van der Waals surface area contributed by atoms with Crippen LogP contribution in [0, 0.1) is 0 Å². The molecule has 0 aromatic carbocycles. The predicted molar refractivity (Wildman–Crippen MR) is 65.9 cm³/mol. The van der Waals surface area contributed by atoms with Gasteiger partial charge in [0.15, 0.2) is 6.29 Å². The molecule has 0 radical (unpaired) electrons. The van der Waals surface area contributed by atoms with Crippen LogP contribution in [0.5, 0.6) is 0 Å². The highest BCUT2D eigenvalue weighted by molar-refractivity contribution is 7.85. The highest BCUT2D eigenvalue weighted by Gasteiger charge is 2.18. The van der Waals surface area contributed by atoms with Gasteiger partial charge in [0.1, 0.15) is 11.0 Å². The molecule has 0 unspecified atom stereocenters. The summed E-state index contributed by atoms with van der Waals surface area (Å²) in [5.74, 6) is 0. The van der Waals surface area contributed by atoms with Crippen molar-refractivity contribution in [3.05, 3.63) is 0 Å². The molecule has 0 aromatic rings. The Bertz CT molecular complexity index is 254. The molecule has 0 saturated carbocycles. The largest absolute Gasteiger partial charge is 0.353 e. The second kappa shape index (κ2) is 6.47. The SMILES string of the molecule is CC(C)(C)[S@@](=O)/N=C\CCC1OCCCO1. The Hall–Kier alpha value is -0.260. The second-order valence-corrected chi connectivity index (χ2v) is 6.69. The van der Waals surface area contributed by atoms with E-state index in [4.69, 9.17) is 9.47 Å². The van der Waals surface area contributed by atoms with Crippen LogP contribution in [0.2, 0.25) is 0 Å². The van der Waals surface area contributed by atoms with Crippen molar-refractivity contribution in [2.75, 3.05) is 13.2 Å². The minimum atomic E-state index is -1.16. The molecule has 1 saturated heterocycles. The van der Waals surface area contributed by atoms with Gasteiger partial charge in [-0.25, -0.2) is 4.21 Å². The molecule has 0 aromatic heterocycles. The maximum atomic E-state index is 11.6. The molecule has 1 heterocycles. The standard InChI is InChI=1S/C11H21NO3S/c1-11(2,3)16(13)12-7-4-6-10-14-8-5-9-15-10/h7,10H,4-6,8-9H2,1-3H3/b12-7-/t16-/m1/s1. The second-order valence-electron chi connectivity index (χ2n) is 4.75. The van der Waals surface area contributed by atoms with Crippen LogP contribution in [0.4, 0.5) is 0 Å². The summed E-state index contributed by atoms with van der Waals surface area (Å²) in [5.41, 5.74) is 0. The van der Waals surface area contributed by atoms with Crippen LogP contribution in [0.25, 0.3) is 0 Å². The lowest BCUT2D eigenvalue weighted by atomic mass is 10.3. The Labute approximate surface area is 100 Å². The average Bonchev–Trinajstić information content (AvgIpc) is 2.24. The third kappa shape index (κ3) is 5.18. The van der Waals surface area contributed by atoms with Gasteiger partial charge in [-0.2, -0.15) is 4.40 Å². The zero-order chi connectivity index (χ0) is 12.0. The number of hydrogen-bond acceptors (Lipinski definition) is 3. The van der Waals surface area contributed by atoms with Crippen molar-refractivity contribution in [1.29, 1.82) is 0 Å². The number of ether oxygens (including phenoxy) is 2. The molecule has 94 valence electrons. The third-order valence-corrected chi connectivity index (χ3v) is 3.51. The van der Waals surface area contributed by atoms with Crippen LogP contribution < -0.4 is 0 Å². The van der Waals surface area contributed by atoms with E-state index in [1.807, 2.05) is 20.8 Å². The Morgan fingerprint density at radius 3 is 2.56 bits per heavy atom. The van der Waals surface area contributed by atoms with Gasteiger partial charge in [0.05, 0.1) is 18.0 Å². The van der Waals surface area contributed by atoms with Crippen LogP contribution in [0.3, 0.4) is 0 Å². The van der Waals surface area contributed by atoms with Crippen molar-refractivity contribution < 1.29 is 13.7 Å². The predicted octanol–water partition coefficient (Wildman–Crippen LogP) is 2.06. The van der Waals surface area contributed by atoms with Crippen LogP contribution in [-0.2, 0) is 20.5 Å². The fourth-order valence-electron chi connectivity index (χ4n) is 1.19. The van der Waals surface area contributed by atoms with E-state index >= 15 is 0 Å². The van der Waals surface area contributed by atoms with Gasteiger partial charge in [0.2, 0.25) is 0 Å². The van der Waals surface area contributed by atoms with Crippen molar-refractivity contribution >= 4 is 17.2 Å². The van der Waals surface area contributed by atoms with Gasteiger partial charge in [-0.1, -0.05) is 0 Å². The van der Waals surface area contributed by atoms with Gasteiger partial charge >= 0.3 is 0 Å². The van der Waals surface area contributed by atoms with Gasteiger partial charge < -0.3 is 9.47 Å². The molecule has 4 nitrogen and oxygen atoms in total. The molecule has 1 atom stereocenters. The lowest BCUT2D eigenvalue weighted by Gasteiger charge is -2.22. The van der Waals surface area contributed by atoms with Gasteiger partial charge in [0, 0.05) is 12.6 Å². The van der Waals surface area contributed by atoms with Crippen molar-refractivity contribution in [1.82, 2.24) is 0 Å². The molecule has 1 aliphatic rings. The smallest absolute Gasteiger partial charge is 0.157 e. The van der Waals surface area contributed by atoms with Crippen LogP contribution in [0.15, 0.2) is 4.40 Å². The quantitative estimate of drug-likeness (QED) is 0.714. The molecule has 0 amide bonds. The first kappa shape index (κ1) is 13.8. The Balaban J connectivity index is 2.19. The topological polar surface area (TPSA) is 47.9 Å². The average molecular weight is 247 g/mol. The Kier molecular flexibility index (Phi) is 5.58. The minimum absolute atomic E-state index is 0.108. The molecule has 0 N–H and O–H groups in total. The normalized spacial score (nSPS) is 21.4. The monoisotopic (exact) mass is 247 g/mol. The minimum Gasteiger partial charge on any atom is -0.353 e. The summed E-state index contributed by atoms with van der Waals surface area (Å²) in [6.07, 6.45) is 4.10. The molecule has 1 fully saturated rings. The lowest BCUT2D eigenvalue weighted by molar-refractivity contribution is -0.180. The summed E-state index contributed by atoms with van der Waals surface area (Å²) in [6.45, 7) is 7.28. The summed E-state index contributed by atoms with van der Waals surface area (Å²) >= 11 is 0. The van der Waals surface area contributed by atoms with E-state index in [1.165, 1.54) is 0 Å². The molecule has 0 bridgehead atoms. The Morgan fingerprint density at radius 1 is 1.38 bits per heavy atom. The summed E-state index contributed by atoms with van der Waals surface area (Å²) in [5, 5.41) is 0. The first-order chi connectivity index (χ1) is 7.50. The van der Waals surface area contributed by atoms with Crippen molar-refractivity contribution in [3.8, 4) is 0 Å². The van der Waals surface area contributed by atoms with Gasteiger partial charge in [-0.05, 0) is 33.6 Å². The molecule has 0 spiro atoms. The van der Waals surface area contributed by atoms with Gasteiger partial charge in [-0.3, -0.25) is 0 Å². The number of hydrogen-bond donors (Lipinski definition) is 0. The molecule has 1 rings (SSSR count). The van der Waals surface area contributed by atoms with Crippen molar-refractivity contribution in [2.24, 2.45) is 4.40 Å². The molecule has 5 heteroatoms. The highest BCUT2D eigenvalue weighted by atomic mass is 32.2. The van der Waals surface area contributed by atoms with E-state index in [0.29, 0.717) is 0 Å². The van der Waals surface area contributed by atoms with E-state index in [1.54, 1.807) is 6.21 Å². The van der Waals surface area contributed by atoms with E-state index in [2.05, 4.69) is 4.40 Å². The van der Waals surface area contributed by atoms with Crippen molar-refractivity contribution in [3.63, 3.8) is 0 Å². The first-order valence-corrected chi connectivity index (χ1v) is 6.78. The van der Waals surface area contributed by atoms with Crippen LogP contribution in [-0.4, -0.2) is 34.7 Å². The molecular formula is C11H21NO3S. The third-order valence-electron chi connectivity index (χ3n) is 2.12. The Morgan fingerprint density at radius 2 is 2.00 bits per heavy atom. The van der Waals surface area contributed by atoms with Crippen LogP contribution >= 0.6 is 0 Å². The van der Waals surface area contributed by atoms with E-state index in [0.717, 1.165) is 32.5 Å². The molecule has 0 aliphatic carbocycles. The molecular weight excluding hydrogens is 226 g/mol. The number of rotatable bonds is 4. The van der Waals surface area contributed by atoms with E-state index < -0.39 is 11.0 Å². The summed E-state index contributed by atoms with van der Waals surface area (Å²) in [4.78, 5) is 0. The summed E-state index contributed by atoms with van der Waals surface area (Å²) < 4.78 is 26.1. The van der Waals surface area contributed by atoms with Crippen LogP contribution in [0.1, 0.15) is 40.0 Å². The summed E-state index contributed by atoms with van der Waals surface area (Å²) in [7, 11) is -1.16. The van der Waals surface area contributed by atoms with E-state index in [9.17, 15) is 4.21 Å². The zero-order valence-corrected chi connectivity index (χ0v) is 11.1. The first-order valence-electron chi connectivity index (χ1n) is 5.68. The molecule has 1 aliphatic heterocycles. The molecule has 16 heavy (non-hydrogen) atoms. The van der Waals surface area contributed by atoms with Gasteiger partial charge in [-0.15, -0.1) is 0 Å².